The fraction of sp³-hybridized carbons (Fsp3) is 0.767. The maximum Gasteiger partial charge on any atom is 0.222 e. The van der Waals surface area contributed by atoms with E-state index in [4.69, 9.17) is 18.9 Å². The number of hydrogen-bond acceptors (Lipinski definition) is 7. The molecule has 1 amide bonds. The highest BCUT2D eigenvalue weighted by Gasteiger charge is 2.37. The molecule has 0 radical (unpaired) electrons. The molecule has 0 unspecified atom stereocenters. The van der Waals surface area contributed by atoms with Crippen molar-refractivity contribution in [3.63, 3.8) is 0 Å². The van der Waals surface area contributed by atoms with E-state index in [1.165, 1.54) is 12.8 Å². The van der Waals surface area contributed by atoms with Gasteiger partial charge >= 0.3 is 0 Å². The molecule has 0 aromatic heterocycles. The number of aliphatic hydroxyl groups is 1. The number of methoxy groups -OCH3 is 3. The number of nitrogens with zero attached hydrogens (tertiary/aromatic N) is 2. The molecule has 1 aromatic carbocycles. The maximum atomic E-state index is 13.6. The van der Waals surface area contributed by atoms with Crippen molar-refractivity contribution in [2.24, 2.45) is 23.2 Å². The number of amides is 1. The second-order valence-electron chi connectivity index (χ2n) is 12.2. The van der Waals surface area contributed by atoms with Crippen LogP contribution in [-0.4, -0.2) is 87.6 Å². The van der Waals surface area contributed by atoms with Crippen LogP contribution in [0.25, 0.3) is 0 Å². The van der Waals surface area contributed by atoms with Gasteiger partial charge in [-0.3, -0.25) is 9.69 Å². The van der Waals surface area contributed by atoms with Crippen molar-refractivity contribution in [2.75, 3.05) is 60.7 Å². The van der Waals surface area contributed by atoms with E-state index < -0.39 is 6.10 Å². The lowest BCUT2D eigenvalue weighted by atomic mass is 9.80. The van der Waals surface area contributed by atoms with Crippen molar-refractivity contribution in [1.82, 2.24) is 9.80 Å². The topological polar surface area (TPSA) is 80.7 Å². The lowest BCUT2D eigenvalue weighted by molar-refractivity contribution is -0.136. The molecule has 38 heavy (non-hydrogen) atoms. The van der Waals surface area contributed by atoms with Gasteiger partial charge in [-0.2, -0.15) is 0 Å². The summed E-state index contributed by atoms with van der Waals surface area (Å²) in [5, 5.41) is 11.0. The molecule has 2 heterocycles. The summed E-state index contributed by atoms with van der Waals surface area (Å²) in [6.45, 7) is 9.13. The fourth-order valence-electron chi connectivity index (χ4n) is 5.96. The van der Waals surface area contributed by atoms with Crippen LogP contribution in [0.4, 0.5) is 0 Å². The third-order valence-electron chi connectivity index (χ3n) is 8.70. The Bertz CT molecular complexity index is 908. The second kappa shape index (κ2) is 12.9. The third-order valence-corrected chi connectivity index (χ3v) is 8.70. The van der Waals surface area contributed by atoms with Crippen LogP contribution < -0.4 is 14.2 Å². The van der Waals surface area contributed by atoms with Crippen molar-refractivity contribution in [3.05, 3.63) is 17.7 Å². The fourth-order valence-corrected chi connectivity index (χ4v) is 5.96. The van der Waals surface area contributed by atoms with Crippen molar-refractivity contribution < 1.29 is 28.8 Å². The van der Waals surface area contributed by atoms with Crippen LogP contribution in [0.1, 0.15) is 57.9 Å². The van der Waals surface area contributed by atoms with Crippen molar-refractivity contribution >= 4 is 5.91 Å². The normalized spacial score (nSPS) is 27.5. The first-order valence-electron chi connectivity index (χ1n) is 14.3. The van der Waals surface area contributed by atoms with Crippen LogP contribution in [0.15, 0.2) is 12.1 Å². The second-order valence-corrected chi connectivity index (χ2v) is 12.2. The van der Waals surface area contributed by atoms with Gasteiger partial charge in [-0.25, -0.2) is 0 Å². The molecule has 8 nitrogen and oxygen atoms in total. The van der Waals surface area contributed by atoms with Gasteiger partial charge in [0.2, 0.25) is 11.7 Å². The minimum absolute atomic E-state index is 0.208. The highest BCUT2D eigenvalue weighted by atomic mass is 16.5. The number of benzene rings is 1. The van der Waals surface area contributed by atoms with E-state index in [0.29, 0.717) is 61.2 Å². The summed E-state index contributed by atoms with van der Waals surface area (Å²) in [7, 11) is 4.91. The molecule has 2 saturated heterocycles. The molecule has 3 fully saturated rings. The maximum absolute atomic E-state index is 13.6. The number of ether oxygens (including phenoxy) is 4. The van der Waals surface area contributed by atoms with E-state index in [1.54, 1.807) is 21.3 Å². The van der Waals surface area contributed by atoms with E-state index in [2.05, 4.69) is 4.90 Å². The van der Waals surface area contributed by atoms with Gasteiger partial charge in [0.15, 0.2) is 11.5 Å². The zero-order valence-electron chi connectivity index (χ0n) is 24.0. The molecular formula is C30H48N2O6. The summed E-state index contributed by atoms with van der Waals surface area (Å²) in [4.78, 5) is 18.0. The number of β-amino-alcohol motifs (C(OH)–C–C–N with tert-alkyl or cyclic N) is 1. The summed E-state index contributed by atoms with van der Waals surface area (Å²) >= 11 is 0. The van der Waals surface area contributed by atoms with Crippen LogP contribution in [0.3, 0.4) is 0 Å². The standard InChI is InChI=1S/C30H48N2O6/c1-30(2)20-38-12-6-7-24-18-31(16-22-13-25(35-3)29(37-5)26(14-22)36-4)11-10-23(24)15-28(34)32(19-27(30)33)17-21-8-9-21/h13-14,21,23-24,27,33H,6-12,15-20H2,1-5H3/t23-,24-,27-/m0/s1. The molecule has 1 aliphatic carbocycles. The summed E-state index contributed by atoms with van der Waals surface area (Å²) in [6, 6.07) is 4.05. The summed E-state index contributed by atoms with van der Waals surface area (Å²) in [6.07, 6.45) is 5.35. The quantitative estimate of drug-likeness (QED) is 0.569. The smallest absolute Gasteiger partial charge is 0.222 e. The Hall–Kier alpha value is -2.03. The predicted molar refractivity (Wildman–Crippen MR) is 147 cm³/mol. The number of aliphatic hydroxyl groups excluding tert-OH is 1. The summed E-state index contributed by atoms with van der Waals surface area (Å²) < 4.78 is 22.7. The summed E-state index contributed by atoms with van der Waals surface area (Å²) in [5.41, 5.74) is 0.731. The lowest BCUT2D eigenvalue weighted by Crippen LogP contribution is -2.47. The predicted octanol–water partition coefficient (Wildman–Crippen LogP) is 3.98. The molecular weight excluding hydrogens is 484 g/mol. The number of fused-ring (bicyclic) bond motifs is 1. The Labute approximate surface area is 228 Å². The van der Waals surface area contributed by atoms with Gasteiger partial charge in [0.1, 0.15) is 0 Å². The SMILES string of the molecule is COc1cc(CN2CC[C@H]3CC(=O)N(CC4CC4)C[C@H](O)C(C)(C)COCCC[C@H]3C2)cc(OC)c1OC. The molecule has 3 aliphatic rings. The van der Waals surface area contributed by atoms with Crippen LogP contribution in [0, 0.1) is 23.2 Å². The average Bonchev–Trinajstić information content (AvgIpc) is 3.72. The number of rotatable bonds is 7. The van der Waals surface area contributed by atoms with E-state index in [9.17, 15) is 9.90 Å². The van der Waals surface area contributed by atoms with Gasteiger partial charge in [0.25, 0.3) is 0 Å². The molecule has 1 aromatic rings. The molecule has 4 rings (SSSR count). The van der Waals surface area contributed by atoms with Crippen molar-refractivity contribution in [3.8, 4) is 17.2 Å². The van der Waals surface area contributed by atoms with E-state index in [1.807, 2.05) is 30.9 Å². The molecule has 0 spiro atoms. The van der Waals surface area contributed by atoms with Crippen LogP contribution in [-0.2, 0) is 16.1 Å². The molecule has 1 N–H and O–H groups in total. The first-order valence-corrected chi connectivity index (χ1v) is 14.3. The lowest BCUT2D eigenvalue weighted by Gasteiger charge is -2.39. The van der Waals surface area contributed by atoms with Crippen LogP contribution in [0.5, 0.6) is 17.2 Å². The van der Waals surface area contributed by atoms with Gasteiger partial charge < -0.3 is 29.0 Å². The Balaban J connectivity index is 1.47. The van der Waals surface area contributed by atoms with E-state index in [0.717, 1.165) is 51.0 Å². The third kappa shape index (κ3) is 7.33. The minimum atomic E-state index is -0.595. The largest absolute Gasteiger partial charge is 0.493 e. The molecule has 0 bridgehead atoms. The zero-order valence-corrected chi connectivity index (χ0v) is 24.0. The van der Waals surface area contributed by atoms with Gasteiger partial charge in [0, 0.05) is 44.6 Å². The van der Waals surface area contributed by atoms with Crippen molar-refractivity contribution in [2.45, 2.75) is 65.0 Å². The van der Waals surface area contributed by atoms with E-state index >= 15 is 0 Å². The summed E-state index contributed by atoms with van der Waals surface area (Å²) in [5.74, 6) is 3.53. The monoisotopic (exact) mass is 532 g/mol. The Morgan fingerprint density at radius 1 is 1.00 bits per heavy atom. The average molecular weight is 533 g/mol. The molecule has 2 aliphatic heterocycles. The van der Waals surface area contributed by atoms with Crippen LogP contribution in [0.2, 0.25) is 0 Å². The first-order chi connectivity index (χ1) is 18.2. The number of carbonyl (C=O) groups is 1. The van der Waals surface area contributed by atoms with Gasteiger partial charge in [-0.05, 0) is 74.1 Å². The Morgan fingerprint density at radius 2 is 1.71 bits per heavy atom. The first kappa shape index (κ1) is 29.0. The van der Waals surface area contributed by atoms with Gasteiger partial charge in [-0.15, -0.1) is 0 Å². The van der Waals surface area contributed by atoms with E-state index in [-0.39, 0.29) is 11.3 Å². The Morgan fingerprint density at radius 3 is 2.34 bits per heavy atom. The number of carbonyl (C=O) groups excluding carboxylic acids is 1. The molecule has 8 heteroatoms. The highest BCUT2D eigenvalue weighted by Crippen LogP contribution is 2.39. The minimum Gasteiger partial charge on any atom is -0.493 e. The molecule has 3 atom stereocenters. The van der Waals surface area contributed by atoms with Crippen molar-refractivity contribution in [1.29, 1.82) is 0 Å². The molecule has 214 valence electrons. The van der Waals surface area contributed by atoms with Gasteiger partial charge in [-0.1, -0.05) is 13.8 Å². The number of likely N-dealkylation sites (tertiary alicyclic amines) is 1. The number of hydrogen-bond donors (Lipinski definition) is 1. The van der Waals surface area contributed by atoms with Crippen LogP contribution >= 0.6 is 0 Å². The number of piperidine rings is 1. The van der Waals surface area contributed by atoms with Gasteiger partial charge in [0.05, 0.1) is 34.0 Å². The Kier molecular flexibility index (Phi) is 9.82. The molecule has 1 saturated carbocycles. The highest BCUT2D eigenvalue weighted by molar-refractivity contribution is 5.76. The zero-order chi connectivity index (χ0) is 27.3.